The van der Waals surface area contributed by atoms with Crippen LogP contribution in [0.5, 0.6) is 0 Å². The van der Waals surface area contributed by atoms with Crippen molar-refractivity contribution < 1.29 is 19.2 Å². The zero-order chi connectivity index (χ0) is 19.1. The summed E-state index contributed by atoms with van der Waals surface area (Å²) in [6, 6.07) is 9.94. The molecule has 0 saturated carbocycles. The molecule has 27 heavy (non-hydrogen) atoms. The fraction of sp³-hybridized carbons (Fsp3) is 0.450. The molecule has 1 fully saturated rings. The van der Waals surface area contributed by atoms with Crippen molar-refractivity contribution >= 4 is 28.3 Å². The SMILES string of the molecule is CCOC(=O)C1(c2ccccc2)CC[NH+](CCC(=O)Nc2nccs2)CC1. The minimum Gasteiger partial charge on any atom is -0.465 e. The van der Waals surface area contributed by atoms with Crippen molar-refractivity contribution in [1.82, 2.24) is 4.98 Å². The summed E-state index contributed by atoms with van der Waals surface area (Å²) in [5, 5.41) is 5.29. The van der Waals surface area contributed by atoms with Crippen LogP contribution in [-0.2, 0) is 19.7 Å². The maximum absolute atomic E-state index is 12.8. The van der Waals surface area contributed by atoms with Gasteiger partial charge in [-0.05, 0) is 12.5 Å². The van der Waals surface area contributed by atoms with Crippen molar-refractivity contribution in [3.05, 3.63) is 47.5 Å². The smallest absolute Gasteiger partial charge is 0.317 e. The first kappa shape index (κ1) is 19.5. The van der Waals surface area contributed by atoms with Gasteiger partial charge in [-0.3, -0.25) is 9.59 Å². The first-order chi connectivity index (χ1) is 13.1. The molecule has 2 heterocycles. The van der Waals surface area contributed by atoms with E-state index in [1.54, 1.807) is 6.20 Å². The van der Waals surface area contributed by atoms with Crippen LogP contribution in [-0.4, -0.2) is 43.1 Å². The van der Waals surface area contributed by atoms with Crippen molar-refractivity contribution in [2.24, 2.45) is 0 Å². The predicted octanol–water partition coefficient (Wildman–Crippen LogP) is 1.65. The fourth-order valence-corrected chi connectivity index (χ4v) is 4.22. The molecule has 0 spiro atoms. The van der Waals surface area contributed by atoms with Crippen molar-refractivity contribution in [3.8, 4) is 0 Å². The zero-order valence-corrected chi connectivity index (χ0v) is 16.4. The number of thiazole rings is 1. The number of hydrogen-bond acceptors (Lipinski definition) is 5. The summed E-state index contributed by atoms with van der Waals surface area (Å²) in [7, 11) is 0. The Balaban J connectivity index is 1.57. The molecule has 0 unspecified atom stereocenters. The largest absolute Gasteiger partial charge is 0.465 e. The number of amides is 1. The molecule has 1 saturated heterocycles. The third kappa shape index (κ3) is 4.73. The van der Waals surface area contributed by atoms with Crippen molar-refractivity contribution in [2.45, 2.75) is 31.6 Å². The van der Waals surface area contributed by atoms with Gasteiger partial charge < -0.3 is 15.0 Å². The number of esters is 1. The van der Waals surface area contributed by atoms with Crippen molar-refractivity contribution in [2.75, 3.05) is 31.6 Å². The van der Waals surface area contributed by atoms with E-state index in [0.717, 1.165) is 38.0 Å². The Labute approximate surface area is 163 Å². The van der Waals surface area contributed by atoms with Crippen LogP contribution < -0.4 is 10.2 Å². The highest BCUT2D eigenvalue weighted by Gasteiger charge is 2.45. The van der Waals surface area contributed by atoms with E-state index in [1.165, 1.54) is 16.2 Å². The van der Waals surface area contributed by atoms with Gasteiger partial charge in [0.05, 0.1) is 32.7 Å². The Morgan fingerprint density at radius 2 is 2.00 bits per heavy atom. The Morgan fingerprint density at radius 1 is 1.26 bits per heavy atom. The van der Waals surface area contributed by atoms with Gasteiger partial charge in [0.15, 0.2) is 5.13 Å². The van der Waals surface area contributed by atoms with Crippen LogP contribution in [0.25, 0.3) is 0 Å². The van der Waals surface area contributed by atoms with Crippen LogP contribution in [0.3, 0.4) is 0 Å². The molecule has 0 radical (unpaired) electrons. The van der Waals surface area contributed by atoms with E-state index >= 15 is 0 Å². The number of nitrogens with zero attached hydrogens (tertiary/aromatic N) is 1. The molecule has 6 nitrogen and oxygen atoms in total. The maximum Gasteiger partial charge on any atom is 0.317 e. The predicted molar refractivity (Wildman–Crippen MR) is 105 cm³/mol. The van der Waals surface area contributed by atoms with Crippen LogP contribution in [0.15, 0.2) is 41.9 Å². The van der Waals surface area contributed by atoms with E-state index in [0.29, 0.717) is 18.2 Å². The number of anilines is 1. The van der Waals surface area contributed by atoms with Gasteiger partial charge in [-0.25, -0.2) is 4.98 Å². The molecule has 3 rings (SSSR count). The summed E-state index contributed by atoms with van der Waals surface area (Å²) in [4.78, 5) is 30.2. The van der Waals surface area contributed by atoms with Gasteiger partial charge in [0.1, 0.15) is 5.41 Å². The number of quaternary nitrogens is 1. The Hall–Kier alpha value is -2.25. The molecular formula is C20H26N3O3S+. The van der Waals surface area contributed by atoms with Gasteiger partial charge >= 0.3 is 5.97 Å². The van der Waals surface area contributed by atoms with Gasteiger partial charge in [0, 0.05) is 24.4 Å². The average Bonchev–Trinajstić information content (AvgIpc) is 3.20. The van der Waals surface area contributed by atoms with E-state index in [4.69, 9.17) is 4.74 Å². The molecule has 1 amide bonds. The highest BCUT2D eigenvalue weighted by atomic mass is 32.1. The molecule has 7 heteroatoms. The summed E-state index contributed by atoms with van der Waals surface area (Å²) in [5.41, 5.74) is 0.466. The van der Waals surface area contributed by atoms with E-state index < -0.39 is 5.41 Å². The summed E-state index contributed by atoms with van der Waals surface area (Å²) in [5.74, 6) is -0.139. The zero-order valence-electron chi connectivity index (χ0n) is 15.6. The topological polar surface area (TPSA) is 72.7 Å². The molecule has 0 atom stereocenters. The quantitative estimate of drug-likeness (QED) is 0.708. The number of benzene rings is 1. The standard InChI is InChI=1S/C20H25N3O3S/c1-2-26-18(25)20(16-6-4-3-5-7-16)9-13-23(14-10-20)12-8-17(24)22-19-21-11-15-27-19/h3-7,11,15H,2,8-10,12-14H2,1H3,(H,21,22,24)/p+1. The van der Waals surface area contributed by atoms with Crippen molar-refractivity contribution in [1.29, 1.82) is 0 Å². The minimum atomic E-state index is -0.566. The number of rotatable bonds is 7. The number of carbonyl (C=O) groups excluding carboxylic acids is 2. The second kappa shape index (κ2) is 9.10. The summed E-state index contributed by atoms with van der Waals surface area (Å²) >= 11 is 1.42. The Bertz CT molecular complexity index is 741. The molecule has 2 N–H and O–H groups in total. The lowest BCUT2D eigenvalue weighted by Crippen LogP contribution is -3.13. The Kier molecular flexibility index (Phi) is 6.58. The van der Waals surface area contributed by atoms with Gasteiger partial charge in [0.25, 0.3) is 0 Å². The molecule has 1 aromatic carbocycles. The van der Waals surface area contributed by atoms with Gasteiger partial charge in [-0.2, -0.15) is 0 Å². The average molecular weight is 389 g/mol. The second-order valence-corrected chi connectivity index (χ2v) is 7.70. The first-order valence-corrected chi connectivity index (χ1v) is 10.3. The van der Waals surface area contributed by atoms with Gasteiger partial charge in [0.2, 0.25) is 5.91 Å². The number of aromatic nitrogens is 1. The molecule has 1 aromatic heterocycles. The number of likely N-dealkylation sites (tertiary alicyclic amines) is 1. The minimum absolute atomic E-state index is 0.0114. The molecule has 2 aromatic rings. The molecular weight excluding hydrogens is 362 g/mol. The van der Waals surface area contributed by atoms with Crippen molar-refractivity contribution in [3.63, 3.8) is 0 Å². The van der Waals surface area contributed by atoms with E-state index in [2.05, 4.69) is 10.3 Å². The summed E-state index contributed by atoms with van der Waals surface area (Å²) < 4.78 is 5.41. The normalized spacial score (nSPS) is 22.2. The van der Waals surface area contributed by atoms with E-state index in [-0.39, 0.29) is 11.9 Å². The highest BCUT2D eigenvalue weighted by Crippen LogP contribution is 2.34. The highest BCUT2D eigenvalue weighted by molar-refractivity contribution is 7.13. The maximum atomic E-state index is 12.8. The third-order valence-corrected chi connectivity index (χ3v) is 5.88. The lowest BCUT2D eigenvalue weighted by atomic mass is 9.72. The molecule has 1 aliphatic rings. The van der Waals surface area contributed by atoms with Crippen LogP contribution in [0, 0.1) is 0 Å². The van der Waals surface area contributed by atoms with Crippen LogP contribution in [0.4, 0.5) is 5.13 Å². The molecule has 0 aliphatic carbocycles. The molecule has 0 bridgehead atoms. The third-order valence-electron chi connectivity index (χ3n) is 5.19. The van der Waals surface area contributed by atoms with Gasteiger partial charge in [-0.1, -0.05) is 30.3 Å². The lowest BCUT2D eigenvalue weighted by molar-refractivity contribution is -0.905. The number of nitrogens with one attached hydrogen (secondary N) is 2. The number of ether oxygens (including phenoxy) is 1. The van der Waals surface area contributed by atoms with Crippen LogP contribution >= 0.6 is 11.3 Å². The van der Waals surface area contributed by atoms with Gasteiger partial charge in [-0.15, -0.1) is 11.3 Å². The number of hydrogen-bond donors (Lipinski definition) is 2. The lowest BCUT2D eigenvalue weighted by Gasteiger charge is -2.38. The van der Waals surface area contributed by atoms with Crippen LogP contribution in [0.2, 0.25) is 0 Å². The first-order valence-electron chi connectivity index (χ1n) is 9.40. The monoisotopic (exact) mass is 388 g/mol. The van der Waals surface area contributed by atoms with Crippen LogP contribution in [0.1, 0.15) is 31.7 Å². The molecule has 1 aliphatic heterocycles. The Morgan fingerprint density at radius 3 is 2.63 bits per heavy atom. The number of piperidine rings is 1. The fourth-order valence-electron chi connectivity index (χ4n) is 3.67. The van der Waals surface area contributed by atoms with E-state index in [1.807, 2.05) is 42.6 Å². The summed E-state index contributed by atoms with van der Waals surface area (Å²) in [6.45, 7) is 4.68. The summed E-state index contributed by atoms with van der Waals surface area (Å²) in [6.07, 6.45) is 3.60. The second-order valence-electron chi connectivity index (χ2n) is 6.80. The number of carbonyl (C=O) groups is 2. The van der Waals surface area contributed by atoms with E-state index in [9.17, 15) is 9.59 Å². The molecule has 144 valence electrons.